The summed E-state index contributed by atoms with van der Waals surface area (Å²) >= 11 is 9.57. The normalized spacial score (nSPS) is 7.14. The predicted molar refractivity (Wildman–Crippen MR) is 26.4 cm³/mol. The van der Waals surface area contributed by atoms with Gasteiger partial charge in [0.2, 0.25) is 0 Å². The van der Waals surface area contributed by atoms with E-state index in [0.29, 0.717) is 0 Å². The van der Waals surface area contributed by atoms with Gasteiger partial charge in [-0.25, -0.2) is 9.24 Å². The lowest BCUT2D eigenvalue weighted by molar-refractivity contribution is 0.665. The SMILES string of the molecule is [C-]#[N+]C(F)=C(Cl)Cl. The second-order valence-corrected chi connectivity index (χ2v) is 1.61. The molecule has 0 aromatic heterocycles. The Morgan fingerprint density at radius 3 is 2.00 bits per heavy atom. The molecule has 4 heteroatoms. The zero-order valence-electron chi connectivity index (χ0n) is 3.08. The molecule has 0 heterocycles. The van der Waals surface area contributed by atoms with Crippen molar-refractivity contribution in [3.05, 3.63) is 21.9 Å². The number of hydrogen-bond acceptors (Lipinski definition) is 0. The van der Waals surface area contributed by atoms with Gasteiger partial charge >= 0.3 is 5.95 Å². The molecule has 0 atom stereocenters. The maximum absolute atomic E-state index is 11.5. The second-order valence-electron chi connectivity index (χ2n) is 0.663. The van der Waals surface area contributed by atoms with Crippen LogP contribution in [0.1, 0.15) is 0 Å². The number of rotatable bonds is 0. The van der Waals surface area contributed by atoms with Crippen LogP contribution >= 0.6 is 23.2 Å². The Labute approximate surface area is 50.2 Å². The Bertz CT molecular complexity index is 130. The molecule has 0 aromatic carbocycles. The molecule has 0 saturated carbocycles. The Morgan fingerprint density at radius 2 is 2.00 bits per heavy atom. The van der Waals surface area contributed by atoms with E-state index >= 15 is 0 Å². The molecule has 1 nitrogen and oxygen atoms in total. The van der Waals surface area contributed by atoms with E-state index in [1.807, 2.05) is 0 Å². The summed E-state index contributed by atoms with van der Waals surface area (Å²) in [5.74, 6) is -1.16. The largest absolute Gasteiger partial charge is 0.361 e. The molecule has 0 spiro atoms. The molecule has 0 bridgehead atoms. The maximum atomic E-state index is 11.5. The number of nitrogens with zero attached hydrogens (tertiary/aromatic N) is 1. The summed E-state index contributed by atoms with van der Waals surface area (Å²) in [5.41, 5.74) is 0. The molecule has 0 fully saturated rings. The van der Waals surface area contributed by atoms with Gasteiger partial charge < -0.3 is 0 Å². The zero-order chi connectivity index (χ0) is 5.86. The highest BCUT2D eigenvalue weighted by atomic mass is 35.5. The molecule has 0 aliphatic carbocycles. The predicted octanol–water partition coefficient (Wildman–Crippen LogP) is 2.48. The van der Waals surface area contributed by atoms with Crippen molar-refractivity contribution in [2.24, 2.45) is 0 Å². The quantitative estimate of drug-likeness (QED) is 0.359. The average molecular weight is 140 g/mol. The van der Waals surface area contributed by atoms with Gasteiger partial charge in [0, 0.05) is 0 Å². The van der Waals surface area contributed by atoms with E-state index in [-0.39, 0.29) is 0 Å². The van der Waals surface area contributed by atoms with E-state index in [1.54, 1.807) is 0 Å². The molecule has 0 radical (unpaired) electrons. The van der Waals surface area contributed by atoms with Crippen LogP contribution in [-0.4, -0.2) is 0 Å². The van der Waals surface area contributed by atoms with Crippen molar-refractivity contribution in [3.63, 3.8) is 0 Å². The van der Waals surface area contributed by atoms with Crippen LogP contribution < -0.4 is 0 Å². The first-order valence-electron chi connectivity index (χ1n) is 1.26. The van der Waals surface area contributed by atoms with Crippen molar-refractivity contribution in [1.82, 2.24) is 0 Å². The highest BCUT2D eigenvalue weighted by Gasteiger charge is 1.95. The fourth-order valence-corrected chi connectivity index (χ4v) is 0.127. The van der Waals surface area contributed by atoms with Crippen LogP contribution in [0.15, 0.2) is 10.4 Å². The first kappa shape index (κ1) is 6.74. The molecule has 0 rings (SSSR count). The third kappa shape index (κ3) is 2.44. The van der Waals surface area contributed by atoms with Gasteiger partial charge in [-0.3, -0.25) is 0 Å². The lowest BCUT2D eigenvalue weighted by atomic mass is 11.0. The van der Waals surface area contributed by atoms with Gasteiger partial charge in [-0.05, 0) is 0 Å². The van der Waals surface area contributed by atoms with Gasteiger partial charge in [0.15, 0.2) is 0 Å². The minimum Gasteiger partial charge on any atom is -0.234 e. The molecule has 38 valence electrons. The van der Waals surface area contributed by atoms with E-state index in [1.165, 1.54) is 0 Å². The Balaban J connectivity index is 4.07. The molecule has 0 unspecified atom stereocenters. The van der Waals surface area contributed by atoms with Crippen molar-refractivity contribution in [2.75, 3.05) is 0 Å². The zero-order valence-corrected chi connectivity index (χ0v) is 4.59. The summed E-state index contributed by atoms with van der Waals surface area (Å²) in [7, 11) is 0. The molecule has 0 N–H and O–H groups in total. The van der Waals surface area contributed by atoms with Gasteiger partial charge in [0.05, 0.1) is 6.57 Å². The van der Waals surface area contributed by atoms with Crippen LogP contribution in [0, 0.1) is 6.57 Å². The monoisotopic (exact) mass is 139 g/mol. The summed E-state index contributed by atoms with van der Waals surface area (Å²) in [6.07, 6.45) is 0. The van der Waals surface area contributed by atoms with Crippen molar-refractivity contribution < 1.29 is 4.39 Å². The molecular formula is C3Cl2FN. The number of halogens is 3. The summed E-state index contributed by atoms with van der Waals surface area (Å²) in [6.45, 7) is 5.96. The highest BCUT2D eigenvalue weighted by Crippen LogP contribution is 2.15. The molecule has 0 saturated heterocycles. The fourth-order valence-electron chi connectivity index (χ4n) is 0.0423. The lowest BCUT2D eigenvalue weighted by Crippen LogP contribution is -1.56. The first-order chi connectivity index (χ1) is 3.18. The van der Waals surface area contributed by atoms with E-state index in [9.17, 15) is 4.39 Å². The summed E-state index contributed by atoms with van der Waals surface area (Å²) in [4.78, 5) is 2.29. The molecule has 7 heavy (non-hydrogen) atoms. The van der Waals surface area contributed by atoms with Gasteiger partial charge in [-0.2, -0.15) is 0 Å². The third-order valence-corrected chi connectivity index (χ3v) is 0.566. The Hall–Kier alpha value is -0.260. The molecule has 0 amide bonds. The van der Waals surface area contributed by atoms with Crippen LogP contribution in [0.25, 0.3) is 4.85 Å². The van der Waals surface area contributed by atoms with Gasteiger partial charge in [-0.1, -0.05) is 23.2 Å². The van der Waals surface area contributed by atoms with Crippen LogP contribution in [0.5, 0.6) is 0 Å². The van der Waals surface area contributed by atoms with Crippen LogP contribution in [0.2, 0.25) is 0 Å². The van der Waals surface area contributed by atoms with Gasteiger partial charge in [0.25, 0.3) is 0 Å². The summed E-state index contributed by atoms with van der Waals surface area (Å²) in [6, 6.07) is 0. The Kier molecular flexibility index (Phi) is 2.73. The summed E-state index contributed by atoms with van der Waals surface area (Å²) < 4.78 is 10.9. The molecule has 0 aliphatic heterocycles. The first-order valence-corrected chi connectivity index (χ1v) is 2.02. The maximum Gasteiger partial charge on any atom is 0.361 e. The van der Waals surface area contributed by atoms with E-state index in [2.05, 4.69) is 4.85 Å². The van der Waals surface area contributed by atoms with E-state index < -0.39 is 10.4 Å². The van der Waals surface area contributed by atoms with Crippen molar-refractivity contribution in [1.29, 1.82) is 0 Å². The van der Waals surface area contributed by atoms with Gasteiger partial charge in [-0.15, -0.1) is 0 Å². The fraction of sp³-hybridized carbons (Fsp3) is 0. The van der Waals surface area contributed by atoms with Crippen molar-refractivity contribution in [2.45, 2.75) is 0 Å². The lowest BCUT2D eigenvalue weighted by Gasteiger charge is -1.75. The van der Waals surface area contributed by atoms with Crippen LogP contribution in [0.4, 0.5) is 4.39 Å². The minimum absolute atomic E-state index is 0.616. The molecule has 0 aromatic rings. The van der Waals surface area contributed by atoms with Crippen LogP contribution in [0.3, 0.4) is 0 Å². The highest BCUT2D eigenvalue weighted by molar-refractivity contribution is 6.56. The standard InChI is InChI=1S/C3Cl2FN/c1-7-3(6)2(4)5. The second kappa shape index (κ2) is 2.84. The summed E-state index contributed by atoms with van der Waals surface area (Å²) in [5, 5.41) is 0. The average Bonchev–Trinajstić information content (AvgIpc) is 1.65. The van der Waals surface area contributed by atoms with E-state index in [0.717, 1.165) is 0 Å². The molecular weight excluding hydrogens is 140 g/mol. The minimum atomic E-state index is -1.16. The Morgan fingerprint density at radius 1 is 1.57 bits per heavy atom. The van der Waals surface area contributed by atoms with Crippen molar-refractivity contribution in [3.8, 4) is 0 Å². The van der Waals surface area contributed by atoms with Gasteiger partial charge in [0.1, 0.15) is 4.49 Å². The van der Waals surface area contributed by atoms with Crippen molar-refractivity contribution >= 4 is 23.2 Å². The smallest absolute Gasteiger partial charge is 0.234 e. The molecule has 0 aliphatic rings. The topological polar surface area (TPSA) is 4.36 Å². The van der Waals surface area contributed by atoms with Crippen LogP contribution in [-0.2, 0) is 0 Å². The third-order valence-electron chi connectivity index (χ3n) is 0.254. The van der Waals surface area contributed by atoms with E-state index in [4.69, 9.17) is 29.8 Å². The number of hydrogen-bond donors (Lipinski definition) is 0.